The van der Waals surface area contributed by atoms with Crippen molar-refractivity contribution in [2.75, 3.05) is 37.7 Å². The molecule has 1 aromatic carbocycles. The van der Waals surface area contributed by atoms with Crippen LogP contribution in [0.2, 0.25) is 10.0 Å². The summed E-state index contributed by atoms with van der Waals surface area (Å²) in [5, 5.41) is 13.7. The zero-order valence-electron chi connectivity index (χ0n) is 13.5. The van der Waals surface area contributed by atoms with Crippen molar-refractivity contribution in [3.63, 3.8) is 0 Å². The first-order chi connectivity index (χ1) is 11.6. The highest BCUT2D eigenvalue weighted by Crippen LogP contribution is 2.31. The van der Waals surface area contributed by atoms with Crippen LogP contribution in [0.15, 0.2) is 18.2 Å². The van der Waals surface area contributed by atoms with E-state index in [0.717, 1.165) is 44.6 Å². The van der Waals surface area contributed by atoms with Gasteiger partial charge in [-0.05, 0) is 43.4 Å². The number of halogens is 2. The van der Waals surface area contributed by atoms with Crippen LogP contribution in [0.3, 0.4) is 0 Å². The number of nitrogens with zero attached hydrogens (tertiary/aromatic N) is 2. The molecule has 132 valence electrons. The van der Waals surface area contributed by atoms with Crippen LogP contribution < -0.4 is 10.2 Å². The van der Waals surface area contributed by atoms with Gasteiger partial charge in [0.05, 0.1) is 10.7 Å². The fourth-order valence-corrected chi connectivity index (χ4v) is 4.03. The van der Waals surface area contributed by atoms with Crippen molar-refractivity contribution in [3.8, 4) is 0 Å². The average Bonchev–Trinajstić information content (AvgIpc) is 3.03. The molecule has 2 saturated heterocycles. The first kappa shape index (κ1) is 17.6. The van der Waals surface area contributed by atoms with Gasteiger partial charge in [-0.2, -0.15) is 0 Å². The lowest BCUT2D eigenvalue weighted by atomic mass is 9.99. The molecule has 5 nitrogen and oxygen atoms in total. The van der Waals surface area contributed by atoms with Crippen molar-refractivity contribution in [1.82, 2.24) is 10.2 Å². The van der Waals surface area contributed by atoms with E-state index in [1.165, 1.54) is 0 Å². The van der Waals surface area contributed by atoms with Crippen molar-refractivity contribution >= 4 is 34.9 Å². The lowest BCUT2D eigenvalue weighted by Gasteiger charge is -2.32. The zero-order chi connectivity index (χ0) is 17.1. The number of benzene rings is 1. The quantitative estimate of drug-likeness (QED) is 0.858. The molecule has 2 heterocycles. The SMILES string of the molecule is O=C(NC1CCN(c2ccc(Cl)cc2Cl)C1)N1CCCC(CO)C1. The van der Waals surface area contributed by atoms with E-state index in [-0.39, 0.29) is 24.6 Å². The Bertz CT molecular complexity index is 599. The Morgan fingerprint density at radius 3 is 2.83 bits per heavy atom. The number of carbonyl (C=O) groups is 1. The Balaban J connectivity index is 1.55. The summed E-state index contributed by atoms with van der Waals surface area (Å²) in [6.45, 7) is 3.15. The van der Waals surface area contributed by atoms with Gasteiger partial charge in [0.15, 0.2) is 0 Å². The molecule has 0 spiro atoms. The highest BCUT2D eigenvalue weighted by atomic mass is 35.5. The van der Waals surface area contributed by atoms with Gasteiger partial charge in [0.2, 0.25) is 0 Å². The standard InChI is InChI=1S/C17H23Cl2N3O2/c18-13-3-4-16(15(19)8-13)21-7-5-14(10-21)20-17(24)22-6-1-2-12(9-22)11-23/h3-4,8,12,14,23H,1-2,5-7,9-11H2,(H,20,24). The number of hydrogen-bond acceptors (Lipinski definition) is 3. The maximum atomic E-state index is 12.4. The molecule has 0 saturated carbocycles. The topological polar surface area (TPSA) is 55.8 Å². The number of rotatable bonds is 3. The number of amides is 2. The molecule has 2 aliphatic heterocycles. The lowest BCUT2D eigenvalue weighted by molar-refractivity contribution is 0.128. The molecule has 2 unspecified atom stereocenters. The lowest BCUT2D eigenvalue weighted by Crippen LogP contribution is -2.49. The third-order valence-corrected chi connectivity index (χ3v) is 5.37. The van der Waals surface area contributed by atoms with E-state index in [1.54, 1.807) is 6.07 Å². The number of aliphatic hydroxyl groups is 1. The predicted octanol–water partition coefficient (Wildman–Crippen LogP) is 2.99. The first-order valence-electron chi connectivity index (χ1n) is 8.43. The van der Waals surface area contributed by atoms with Crippen LogP contribution in [-0.4, -0.2) is 54.9 Å². The fourth-order valence-electron chi connectivity index (χ4n) is 3.50. The van der Waals surface area contributed by atoms with Crippen LogP contribution in [0.1, 0.15) is 19.3 Å². The third-order valence-electron chi connectivity index (χ3n) is 4.83. The van der Waals surface area contributed by atoms with Gasteiger partial charge in [0.1, 0.15) is 0 Å². The van der Waals surface area contributed by atoms with E-state index >= 15 is 0 Å². The maximum absolute atomic E-state index is 12.4. The molecule has 2 amide bonds. The molecule has 7 heteroatoms. The number of carbonyl (C=O) groups excluding carboxylic acids is 1. The first-order valence-corrected chi connectivity index (χ1v) is 9.18. The molecular formula is C17H23Cl2N3O2. The van der Waals surface area contributed by atoms with E-state index in [9.17, 15) is 9.90 Å². The van der Waals surface area contributed by atoms with Crippen molar-refractivity contribution in [1.29, 1.82) is 0 Å². The molecule has 2 N–H and O–H groups in total. The van der Waals surface area contributed by atoms with E-state index in [2.05, 4.69) is 10.2 Å². The molecule has 0 aliphatic carbocycles. The Morgan fingerprint density at radius 2 is 2.08 bits per heavy atom. The second kappa shape index (κ2) is 7.81. The summed E-state index contributed by atoms with van der Waals surface area (Å²) in [6, 6.07) is 5.58. The molecule has 2 fully saturated rings. The van der Waals surface area contributed by atoms with Gasteiger partial charge >= 0.3 is 6.03 Å². The van der Waals surface area contributed by atoms with E-state index in [0.29, 0.717) is 16.6 Å². The van der Waals surface area contributed by atoms with Crippen LogP contribution in [0.25, 0.3) is 0 Å². The summed E-state index contributed by atoms with van der Waals surface area (Å²) in [4.78, 5) is 16.4. The van der Waals surface area contributed by atoms with Crippen molar-refractivity contribution in [2.45, 2.75) is 25.3 Å². The molecule has 0 radical (unpaired) electrons. The van der Waals surface area contributed by atoms with Crippen LogP contribution in [0, 0.1) is 5.92 Å². The predicted molar refractivity (Wildman–Crippen MR) is 97.0 cm³/mol. The second-order valence-electron chi connectivity index (χ2n) is 6.61. The Kier molecular flexibility index (Phi) is 5.74. The summed E-state index contributed by atoms with van der Waals surface area (Å²) in [7, 11) is 0. The number of likely N-dealkylation sites (tertiary alicyclic amines) is 1. The number of aliphatic hydroxyl groups excluding tert-OH is 1. The number of nitrogens with one attached hydrogen (secondary N) is 1. The highest BCUT2D eigenvalue weighted by Gasteiger charge is 2.29. The summed E-state index contributed by atoms with van der Waals surface area (Å²) in [5.41, 5.74) is 0.955. The largest absolute Gasteiger partial charge is 0.396 e. The van der Waals surface area contributed by atoms with E-state index in [1.807, 2.05) is 17.0 Å². The van der Waals surface area contributed by atoms with Crippen LogP contribution in [0.5, 0.6) is 0 Å². The van der Waals surface area contributed by atoms with Gasteiger partial charge < -0.3 is 20.2 Å². The van der Waals surface area contributed by atoms with Gasteiger partial charge in [0.25, 0.3) is 0 Å². The van der Waals surface area contributed by atoms with Crippen LogP contribution in [-0.2, 0) is 0 Å². The van der Waals surface area contributed by atoms with Gasteiger partial charge in [-0.1, -0.05) is 23.2 Å². The van der Waals surface area contributed by atoms with Crippen LogP contribution in [0.4, 0.5) is 10.5 Å². The normalized spacial score (nSPS) is 24.3. The van der Waals surface area contributed by atoms with Crippen molar-refractivity contribution in [3.05, 3.63) is 28.2 Å². The minimum absolute atomic E-state index is 0.0257. The number of piperidine rings is 1. The number of anilines is 1. The van der Waals surface area contributed by atoms with Gasteiger partial charge in [-0.3, -0.25) is 0 Å². The zero-order valence-corrected chi connectivity index (χ0v) is 15.1. The highest BCUT2D eigenvalue weighted by molar-refractivity contribution is 6.36. The van der Waals surface area contributed by atoms with Gasteiger partial charge in [0, 0.05) is 43.9 Å². The third kappa shape index (κ3) is 4.08. The van der Waals surface area contributed by atoms with Crippen LogP contribution >= 0.6 is 23.2 Å². The maximum Gasteiger partial charge on any atom is 0.317 e. The van der Waals surface area contributed by atoms with Crippen molar-refractivity contribution in [2.24, 2.45) is 5.92 Å². The monoisotopic (exact) mass is 371 g/mol. The van der Waals surface area contributed by atoms with Gasteiger partial charge in [-0.25, -0.2) is 4.79 Å². The van der Waals surface area contributed by atoms with Crippen molar-refractivity contribution < 1.29 is 9.90 Å². The number of urea groups is 1. The Morgan fingerprint density at radius 1 is 1.25 bits per heavy atom. The summed E-state index contributed by atoms with van der Waals surface area (Å²) in [6.07, 6.45) is 2.84. The molecule has 1 aromatic rings. The summed E-state index contributed by atoms with van der Waals surface area (Å²) in [5.74, 6) is 0.206. The molecule has 24 heavy (non-hydrogen) atoms. The average molecular weight is 372 g/mol. The molecule has 0 aromatic heterocycles. The van der Waals surface area contributed by atoms with E-state index in [4.69, 9.17) is 23.2 Å². The molecular weight excluding hydrogens is 349 g/mol. The minimum Gasteiger partial charge on any atom is -0.396 e. The van der Waals surface area contributed by atoms with E-state index < -0.39 is 0 Å². The molecule has 3 rings (SSSR count). The molecule has 0 bridgehead atoms. The Hall–Kier alpha value is -1.17. The van der Waals surface area contributed by atoms with Gasteiger partial charge in [-0.15, -0.1) is 0 Å². The fraction of sp³-hybridized carbons (Fsp3) is 0.588. The smallest absolute Gasteiger partial charge is 0.317 e. The molecule has 2 aliphatic rings. The second-order valence-corrected chi connectivity index (χ2v) is 7.46. The Labute approximate surface area is 152 Å². The summed E-state index contributed by atoms with van der Waals surface area (Å²) < 4.78 is 0. The molecule has 2 atom stereocenters. The summed E-state index contributed by atoms with van der Waals surface area (Å²) >= 11 is 12.2. The number of hydrogen-bond donors (Lipinski definition) is 2. The minimum atomic E-state index is -0.0257.